The van der Waals surface area contributed by atoms with Crippen molar-refractivity contribution >= 4 is 21.6 Å². The molecule has 5 nitrogen and oxygen atoms in total. The highest BCUT2D eigenvalue weighted by Crippen LogP contribution is 2.31. The van der Waals surface area contributed by atoms with Crippen molar-refractivity contribution in [1.82, 2.24) is 5.32 Å². The van der Waals surface area contributed by atoms with Crippen molar-refractivity contribution < 1.29 is 17.6 Å². The molecule has 3 aromatic rings. The van der Waals surface area contributed by atoms with E-state index in [1.807, 2.05) is 18.2 Å². The monoisotopic (exact) mass is 424 g/mol. The Morgan fingerprint density at radius 2 is 1.77 bits per heavy atom. The van der Waals surface area contributed by atoms with Crippen LogP contribution in [-0.4, -0.2) is 20.9 Å². The first kappa shape index (κ1) is 20.1. The Balaban J connectivity index is 1.57. The van der Waals surface area contributed by atoms with Crippen molar-refractivity contribution in [2.75, 3.05) is 10.8 Å². The highest BCUT2D eigenvalue weighted by atomic mass is 32.2. The van der Waals surface area contributed by atoms with E-state index in [0.29, 0.717) is 17.8 Å². The summed E-state index contributed by atoms with van der Waals surface area (Å²) in [4.78, 5) is 12.6. The fourth-order valence-electron chi connectivity index (χ4n) is 3.59. The zero-order valence-electron chi connectivity index (χ0n) is 16.2. The first-order valence-corrected chi connectivity index (χ1v) is 11.1. The summed E-state index contributed by atoms with van der Waals surface area (Å²) in [7, 11) is -3.81. The van der Waals surface area contributed by atoms with Crippen LogP contribution >= 0.6 is 0 Å². The molecule has 0 saturated heterocycles. The molecule has 4 rings (SSSR count). The number of anilines is 1. The average molecular weight is 424 g/mol. The second kappa shape index (κ2) is 8.28. The molecule has 1 heterocycles. The number of nitrogens with zero attached hydrogens (tertiary/aromatic N) is 1. The van der Waals surface area contributed by atoms with Gasteiger partial charge in [-0.3, -0.25) is 9.10 Å². The molecule has 1 aliphatic heterocycles. The molecule has 0 aliphatic carbocycles. The molecule has 0 bridgehead atoms. The van der Waals surface area contributed by atoms with Crippen molar-refractivity contribution in [3.05, 3.63) is 95.3 Å². The maximum Gasteiger partial charge on any atom is 0.264 e. The van der Waals surface area contributed by atoms with Crippen molar-refractivity contribution in [3.8, 4) is 0 Å². The number of sulfonamides is 1. The fraction of sp³-hybridized carbons (Fsp3) is 0.174. The van der Waals surface area contributed by atoms with Gasteiger partial charge < -0.3 is 5.32 Å². The second-order valence-electron chi connectivity index (χ2n) is 7.11. The molecule has 0 fully saturated rings. The topological polar surface area (TPSA) is 66.5 Å². The predicted octanol–water partition coefficient (Wildman–Crippen LogP) is 3.90. The third-order valence-electron chi connectivity index (χ3n) is 5.15. The van der Waals surface area contributed by atoms with Crippen LogP contribution in [0.3, 0.4) is 0 Å². The lowest BCUT2D eigenvalue weighted by atomic mass is 10.0. The number of nitrogens with one attached hydrogen (secondary N) is 1. The lowest BCUT2D eigenvalue weighted by Gasteiger charge is -2.30. The van der Waals surface area contributed by atoms with Crippen LogP contribution < -0.4 is 9.62 Å². The van der Waals surface area contributed by atoms with Crippen LogP contribution in [0, 0.1) is 5.82 Å². The van der Waals surface area contributed by atoms with E-state index in [9.17, 15) is 17.6 Å². The molecule has 3 aromatic carbocycles. The summed E-state index contributed by atoms with van der Waals surface area (Å²) in [6.07, 6.45) is 1.57. The number of rotatable bonds is 5. The molecule has 7 heteroatoms. The van der Waals surface area contributed by atoms with Gasteiger partial charge in [-0.15, -0.1) is 0 Å². The van der Waals surface area contributed by atoms with Gasteiger partial charge in [0.2, 0.25) is 0 Å². The summed E-state index contributed by atoms with van der Waals surface area (Å²) in [5.74, 6) is -0.868. The van der Waals surface area contributed by atoms with E-state index in [1.54, 1.807) is 36.4 Å². The summed E-state index contributed by atoms with van der Waals surface area (Å²) >= 11 is 0. The molecule has 0 aromatic heterocycles. The van der Waals surface area contributed by atoms with Gasteiger partial charge in [0.15, 0.2) is 0 Å². The number of halogens is 1. The van der Waals surface area contributed by atoms with E-state index in [-0.39, 0.29) is 17.0 Å². The first-order chi connectivity index (χ1) is 14.5. The highest BCUT2D eigenvalue weighted by molar-refractivity contribution is 7.92. The third kappa shape index (κ3) is 3.93. The number of hydrogen-bond donors (Lipinski definition) is 1. The van der Waals surface area contributed by atoms with Crippen molar-refractivity contribution in [1.29, 1.82) is 0 Å². The summed E-state index contributed by atoms with van der Waals surface area (Å²) in [6.45, 7) is 0.408. The van der Waals surface area contributed by atoms with Crippen molar-refractivity contribution in [2.45, 2.75) is 24.3 Å². The maximum atomic E-state index is 13.8. The summed E-state index contributed by atoms with van der Waals surface area (Å²) in [6, 6.07) is 19.6. The molecule has 0 unspecified atom stereocenters. The lowest BCUT2D eigenvalue weighted by Crippen LogP contribution is -2.35. The van der Waals surface area contributed by atoms with Crippen molar-refractivity contribution in [2.24, 2.45) is 0 Å². The Hall–Kier alpha value is -3.19. The summed E-state index contributed by atoms with van der Waals surface area (Å²) in [5, 5.41) is 2.64. The van der Waals surface area contributed by atoms with E-state index < -0.39 is 21.7 Å². The zero-order chi connectivity index (χ0) is 21.1. The van der Waals surface area contributed by atoms with Crippen LogP contribution in [0.1, 0.15) is 27.9 Å². The minimum atomic E-state index is -3.81. The maximum absolute atomic E-state index is 13.8. The van der Waals surface area contributed by atoms with Gasteiger partial charge in [-0.2, -0.15) is 0 Å². The number of hydrogen-bond acceptors (Lipinski definition) is 3. The van der Waals surface area contributed by atoms with E-state index in [4.69, 9.17) is 0 Å². The Morgan fingerprint density at radius 1 is 1.00 bits per heavy atom. The highest BCUT2D eigenvalue weighted by Gasteiger charge is 2.29. The quantitative estimate of drug-likeness (QED) is 0.676. The van der Waals surface area contributed by atoms with Gasteiger partial charge in [-0.05, 0) is 48.7 Å². The smallest absolute Gasteiger partial charge is 0.264 e. The molecular weight excluding hydrogens is 403 g/mol. The van der Waals surface area contributed by atoms with Gasteiger partial charge in [0.1, 0.15) is 5.82 Å². The third-order valence-corrected chi connectivity index (χ3v) is 6.96. The average Bonchev–Trinajstić information content (AvgIpc) is 2.78. The van der Waals surface area contributed by atoms with E-state index >= 15 is 0 Å². The predicted molar refractivity (Wildman–Crippen MR) is 113 cm³/mol. The number of aryl methyl sites for hydroxylation is 1. The number of para-hydroxylation sites is 1. The number of carbonyl (C=O) groups excluding carboxylic acids is 1. The normalized spacial score (nSPS) is 13.6. The van der Waals surface area contributed by atoms with E-state index in [1.165, 1.54) is 22.5 Å². The molecule has 1 aliphatic rings. The molecule has 0 saturated carbocycles. The Kier molecular flexibility index (Phi) is 5.55. The van der Waals surface area contributed by atoms with Gasteiger partial charge in [-0.25, -0.2) is 12.8 Å². The molecule has 30 heavy (non-hydrogen) atoms. The minimum Gasteiger partial charge on any atom is -0.348 e. The molecule has 1 N–H and O–H groups in total. The van der Waals surface area contributed by atoms with Crippen LogP contribution in [0.25, 0.3) is 0 Å². The van der Waals surface area contributed by atoms with Crippen LogP contribution in [0.15, 0.2) is 77.7 Å². The van der Waals surface area contributed by atoms with Crippen molar-refractivity contribution in [3.63, 3.8) is 0 Å². The van der Waals surface area contributed by atoms with Crippen LogP contribution in [-0.2, 0) is 23.0 Å². The molecule has 1 amide bonds. The number of benzene rings is 3. The fourth-order valence-corrected chi connectivity index (χ4v) is 5.18. The molecular formula is C23H21FN2O3S. The molecule has 0 atom stereocenters. The Labute approximate surface area is 175 Å². The van der Waals surface area contributed by atoms with E-state index in [0.717, 1.165) is 18.4 Å². The van der Waals surface area contributed by atoms with Gasteiger partial charge in [-0.1, -0.05) is 42.5 Å². The number of fused-ring (bicyclic) bond motifs is 1. The standard InChI is InChI=1S/C23H21FN2O3S/c24-21-12-3-1-8-19(21)16-25-23(27)18-9-5-11-20(15-18)30(28,29)26-14-6-10-17-7-2-4-13-22(17)26/h1-5,7-9,11-13,15H,6,10,14,16H2,(H,25,27). The first-order valence-electron chi connectivity index (χ1n) is 9.69. The molecule has 0 spiro atoms. The minimum absolute atomic E-state index is 0.0159. The SMILES string of the molecule is O=C(NCc1ccccc1F)c1cccc(S(=O)(=O)N2CCCc3ccccc32)c1. The number of carbonyl (C=O) groups is 1. The van der Waals surface area contributed by atoms with Crippen LogP contribution in [0.2, 0.25) is 0 Å². The lowest BCUT2D eigenvalue weighted by molar-refractivity contribution is 0.0950. The Morgan fingerprint density at radius 3 is 2.60 bits per heavy atom. The van der Waals surface area contributed by atoms with Gasteiger partial charge >= 0.3 is 0 Å². The number of amides is 1. The van der Waals surface area contributed by atoms with Gasteiger partial charge in [0.05, 0.1) is 10.6 Å². The van der Waals surface area contributed by atoms with Gasteiger partial charge in [0.25, 0.3) is 15.9 Å². The summed E-state index contributed by atoms with van der Waals surface area (Å²) < 4.78 is 41.7. The second-order valence-corrected chi connectivity index (χ2v) is 8.97. The molecule has 154 valence electrons. The largest absolute Gasteiger partial charge is 0.348 e. The van der Waals surface area contributed by atoms with Crippen LogP contribution in [0.4, 0.5) is 10.1 Å². The van der Waals surface area contributed by atoms with Crippen LogP contribution in [0.5, 0.6) is 0 Å². The van der Waals surface area contributed by atoms with Gasteiger partial charge in [0, 0.05) is 24.2 Å². The molecule has 0 radical (unpaired) electrons. The summed E-state index contributed by atoms with van der Waals surface area (Å²) in [5.41, 5.74) is 2.24. The zero-order valence-corrected chi connectivity index (χ0v) is 17.0. The Bertz CT molecular complexity index is 1190. The van der Waals surface area contributed by atoms with E-state index in [2.05, 4.69) is 5.32 Å².